The number of imidazole rings is 1. The minimum absolute atomic E-state index is 0.128. The second kappa shape index (κ2) is 6.74. The minimum atomic E-state index is -0.602. The summed E-state index contributed by atoms with van der Waals surface area (Å²) in [6.07, 6.45) is 5.16. The van der Waals surface area contributed by atoms with E-state index in [2.05, 4.69) is 15.0 Å². The second-order valence-corrected chi connectivity index (χ2v) is 6.69. The fourth-order valence-electron chi connectivity index (χ4n) is 2.43. The van der Waals surface area contributed by atoms with Crippen molar-refractivity contribution in [3.8, 4) is 16.6 Å². The van der Waals surface area contributed by atoms with Crippen LogP contribution in [0.15, 0.2) is 48.9 Å². The first kappa shape index (κ1) is 16.5. The van der Waals surface area contributed by atoms with Gasteiger partial charge in [-0.25, -0.2) is 9.97 Å². The quantitative estimate of drug-likeness (QED) is 0.532. The van der Waals surface area contributed by atoms with Gasteiger partial charge in [-0.05, 0) is 18.2 Å². The third-order valence-corrected chi connectivity index (χ3v) is 5.07. The number of nitrogens with two attached hydrogens (primary N) is 1. The number of amides is 1. The molecule has 4 aromatic rings. The van der Waals surface area contributed by atoms with E-state index >= 15 is 0 Å². The number of hydrogen-bond acceptors (Lipinski definition) is 6. The van der Waals surface area contributed by atoms with E-state index in [0.29, 0.717) is 15.7 Å². The lowest BCUT2D eigenvalue weighted by molar-refractivity contribution is 0.0999. The summed E-state index contributed by atoms with van der Waals surface area (Å²) < 4.78 is 7.58. The van der Waals surface area contributed by atoms with Crippen LogP contribution >= 0.6 is 22.9 Å². The van der Waals surface area contributed by atoms with Crippen molar-refractivity contribution in [2.75, 3.05) is 0 Å². The van der Waals surface area contributed by atoms with Gasteiger partial charge in [0, 0.05) is 18.0 Å². The molecule has 0 fully saturated rings. The molecule has 0 saturated heterocycles. The highest BCUT2D eigenvalue weighted by Crippen LogP contribution is 2.33. The summed E-state index contributed by atoms with van der Waals surface area (Å²) in [4.78, 5) is 24.8. The number of carbonyl (C=O) groups is 1. The van der Waals surface area contributed by atoms with Gasteiger partial charge in [0.25, 0.3) is 5.91 Å². The Labute approximate surface area is 157 Å². The Hall–Kier alpha value is -2.97. The van der Waals surface area contributed by atoms with Gasteiger partial charge in [-0.2, -0.15) is 4.98 Å². The summed E-state index contributed by atoms with van der Waals surface area (Å²) in [7, 11) is 0. The lowest BCUT2D eigenvalue weighted by atomic mass is 10.3. The Bertz CT molecular complexity index is 1110. The highest BCUT2D eigenvalue weighted by molar-refractivity contribution is 7.17. The van der Waals surface area contributed by atoms with E-state index in [1.165, 1.54) is 0 Å². The number of carbonyl (C=O) groups excluding carboxylic acids is 1. The molecule has 0 aliphatic heterocycles. The first-order chi connectivity index (χ1) is 12.6. The van der Waals surface area contributed by atoms with Crippen LogP contribution in [0.1, 0.15) is 15.2 Å². The minimum Gasteiger partial charge on any atom is -0.471 e. The van der Waals surface area contributed by atoms with E-state index in [1.54, 1.807) is 24.5 Å². The summed E-state index contributed by atoms with van der Waals surface area (Å²) in [5.74, 6) is -0.432. The van der Waals surface area contributed by atoms with Crippen molar-refractivity contribution in [3.63, 3.8) is 0 Å². The molecule has 9 heteroatoms. The average molecular weight is 386 g/mol. The highest BCUT2D eigenvalue weighted by atomic mass is 35.5. The van der Waals surface area contributed by atoms with Gasteiger partial charge in [-0.3, -0.25) is 9.20 Å². The number of rotatable bonds is 5. The fourth-order valence-corrected chi connectivity index (χ4v) is 3.48. The van der Waals surface area contributed by atoms with Crippen molar-refractivity contribution in [2.24, 2.45) is 5.73 Å². The molecule has 4 heterocycles. The lowest BCUT2D eigenvalue weighted by Gasteiger charge is -2.05. The van der Waals surface area contributed by atoms with Gasteiger partial charge >= 0.3 is 0 Å². The largest absolute Gasteiger partial charge is 0.471 e. The van der Waals surface area contributed by atoms with E-state index in [1.807, 2.05) is 28.8 Å². The van der Waals surface area contributed by atoms with Crippen LogP contribution in [0.5, 0.6) is 5.88 Å². The molecule has 4 rings (SSSR count). The van der Waals surface area contributed by atoms with Gasteiger partial charge in [-0.15, -0.1) is 11.3 Å². The summed E-state index contributed by atoms with van der Waals surface area (Å²) in [5, 5.41) is 0.926. The number of halogens is 1. The topological polar surface area (TPSA) is 95.4 Å². The number of ether oxygens (including phenoxy) is 1. The number of primary amides is 1. The normalized spacial score (nSPS) is 11.0. The molecule has 7 nitrogen and oxygen atoms in total. The molecule has 130 valence electrons. The molecule has 0 radical (unpaired) electrons. The van der Waals surface area contributed by atoms with Crippen LogP contribution in [0.25, 0.3) is 16.3 Å². The van der Waals surface area contributed by atoms with Crippen LogP contribution in [0, 0.1) is 0 Å². The smallest absolute Gasteiger partial charge is 0.264 e. The lowest BCUT2D eigenvalue weighted by Crippen LogP contribution is -2.11. The molecule has 0 spiro atoms. The standard InChI is InChI=1S/C17H12ClN5O2S/c18-14-10(4-3-6-20-14)9-25-16-13(15(19)24)26-17(22-16)11-8-21-12-5-1-2-7-23(11)12/h1-8H,9H2,(H2,19,24). The zero-order valence-corrected chi connectivity index (χ0v) is 14.9. The molecule has 0 aliphatic rings. The Morgan fingerprint density at radius 2 is 2.15 bits per heavy atom. The third-order valence-electron chi connectivity index (χ3n) is 3.66. The summed E-state index contributed by atoms with van der Waals surface area (Å²) >= 11 is 7.19. The average Bonchev–Trinajstić information content (AvgIpc) is 3.25. The van der Waals surface area contributed by atoms with Crippen LogP contribution in [-0.4, -0.2) is 25.3 Å². The number of aromatic nitrogens is 4. The van der Waals surface area contributed by atoms with Crippen molar-refractivity contribution < 1.29 is 9.53 Å². The van der Waals surface area contributed by atoms with Crippen LogP contribution in [0.3, 0.4) is 0 Å². The number of pyridine rings is 2. The fraction of sp³-hybridized carbons (Fsp3) is 0.0588. The SMILES string of the molecule is NC(=O)c1sc(-c2cnc3ccccn23)nc1OCc1cccnc1Cl. The second-order valence-electron chi connectivity index (χ2n) is 5.33. The Morgan fingerprint density at radius 1 is 1.27 bits per heavy atom. The number of nitrogens with zero attached hydrogens (tertiary/aromatic N) is 4. The highest BCUT2D eigenvalue weighted by Gasteiger charge is 2.20. The number of fused-ring (bicyclic) bond motifs is 1. The van der Waals surface area contributed by atoms with E-state index in [-0.39, 0.29) is 17.4 Å². The molecule has 0 aromatic carbocycles. The van der Waals surface area contributed by atoms with Crippen molar-refractivity contribution in [3.05, 3.63) is 64.5 Å². The van der Waals surface area contributed by atoms with Crippen molar-refractivity contribution in [2.45, 2.75) is 6.61 Å². The van der Waals surface area contributed by atoms with Crippen molar-refractivity contribution in [1.29, 1.82) is 0 Å². The molecule has 0 saturated carbocycles. The number of hydrogen-bond donors (Lipinski definition) is 1. The van der Waals surface area contributed by atoms with Crippen LogP contribution in [0.2, 0.25) is 5.15 Å². The maximum absolute atomic E-state index is 11.8. The van der Waals surface area contributed by atoms with Gasteiger partial charge in [0.15, 0.2) is 4.88 Å². The Balaban J connectivity index is 1.69. The van der Waals surface area contributed by atoms with Gasteiger partial charge in [0.2, 0.25) is 5.88 Å². The monoisotopic (exact) mass is 385 g/mol. The molecule has 2 N–H and O–H groups in total. The Kier molecular flexibility index (Phi) is 4.27. The van der Waals surface area contributed by atoms with Crippen LogP contribution in [-0.2, 0) is 6.61 Å². The van der Waals surface area contributed by atoms with Gasteiger partial charge in [0.1, 0.15) is 28.1 Å². The van der Waals surface area contributed by atoms with Crippen LogP contribution < -0.4 is 10.5 Å². The van der Waals surface area contributed by atoms with E-state index < -0.39 is 5.91 Å². The zero-order chi connectivity index (χ0) is 18.1. The first-order valence-electron chi connectivity index (χ1n) is 7.59. The molecular formula is C17H12ClN5O2S. The molecule has 0 bridgehead atoms. The van der Waals surface area contributed by atoms with Crippen molar-refractivity contribution in [1.82, 2.24) is 19.4 Å². The molecule has 0 atom stereocenters. The van der Waals surface area contributed by atoms with E-state index in [0.717, 1.165) is 22.7 Å². The van der Waals surface area contributed by atoms with Crippen molar-refractivity contribution >= 4 is 34.5 Å². The first-order valence-corrected chi connectivity index (χ1v) is 8.78. The molecule has 4 aromatic heterocycles. The predicted octanol–water partition coefficient (Wildman–Crippen LogP) is 3.18. The summed E-state index contributed by atoms with van der Waals surface area (Å²) in [6.45, 7) is 0.128. The molecular weight excluding hydrogens is 374 g/mol. The molecule has 0 unspecified atom stereocenters. The van der Waals surface area contributed by atoms with Gasteiger partial charge in [0.05, 0.1) is 6.20 Å². The van der Waals surface area contributed by atoms with Gasteiger partial charge < -0.3 is 10.5 Å². The zero-order valence-electron chi connectivity index (χ0n) is 13.3. The van der Waals surface area contributed by atoms with Crippen LogP contribution in [0.4, 0.5) is 0 Å². The Morgan fingerprint density at radius 3 is 2.96 bits per heavy atom. The summed E-state index contributed by atoms with van der Waals surface area (Å²) in [6, 6.07) is 9.22. The molecule has 0 aliphatic carbocycles. The number of thiazole rings is 1. The molecule has 1 amide bonds. The maximum Gasteiger partial charge on any atom is 0.264 e. The van der Waals surface area contributed by atoms with E-state index in [4.69, 9.17) is 22.1 Å². The maximum atomic E-state index is 11.8. The molecule has 26 heavy (non-hydrogen) atoms. The predicted molar refractivity (Wildman–Crippen MR) is 98.4 cm³/mol. The van der Waals surface area contributed by atoms with Gasteiger partial charge in [-0.1, -0.05) is 23.7 Å². The third kappa shape index (κ3) is 3.00. The van der Waals surface area contributed by atoms with E-state index in [9.17, 15) is 4.79 Å². The summed E-state index contributed by atoms with van der Waals surface area (Å²) in [5.41, 5.74) is 7.70.